The number of hydrogen-bond donors (Lipinski definition) is 3. The number of carbonyl (C=O) groups is 3. The van der Waals surface area contributed by atoms with Crippen LogP contribution in [0.4, 0.5) is 4.79 Å². The van der Waals surface area contributed by atoms with Crippen molar-refractivity contribution in [3.05, 3.63) is 59.7 Å². The Balaban J connectivity index is 1.84. The molecule has 1 saturated heterocycles. The van der Waals surface area contributed by atoms with Crippen molar-refractivity contribution in [1.29, 1.82) is 0 Å². The van der Waals surface area contributed by atoms with Gasteiger partial charge < -0.3 is 10.4 Å². The highest BCUT2D eigenvalue weighted by Crippen LogP contribution is 2.30. The van der Waals surface area contributed by atoms with E-state index in [1.165, 1.54) is 6.92 Å². The second-order valence-corrected chi connectivity index (χ2v) is 5.88. The first-order chi connectivity index (χ1) is 11.4. The van der Waals surface area contributed by atoms with E-state index < -0.39 is 23.6 Å². The van der Waals surface area contributed by atoms with Crippen LogP contribution in [0.15, 0.2) is 48.5 Å². The third-order valence-electron chi connectivity index (χ3n) is 4.23. The molecule has 0 radical (unpaired) electrons. The van der Waals surface area contributed by atoms with Crippen LogP contribution in [0.25, 0.3) is 11.1 Å². The van der Waals surface area contributed by atoms with Crippen molar-refractivity contribution < 1.29 is 19.5 Å². The normalized spacial score (nSPS) is 21.1. The Kier molecular flexibility index (Phi) is 3.91. The maximum atomic E-state index is 11.9. The molecule has 6 nitrogen and oxygen atoms in total. The molecule has 1 fully saturated rings. The lowest BCUT2D eigenvalue weighted by molar-refractivity contribution is -0.127. The van der Waals surface area contributed by atoms with Crippen LogP contribution in [0.2, 0.25) is 0 Å². The topological polar surface area (TPSA) is 95.5 Å². The minimum Gasteiger partial charge on any atom is -0.385 e. The predicted molar refractivity (Wildman–Crippen MR) is 87.3 cm³/mol. The summed E-state index contributed by atoms with van der Waals surface area (Å²) in [5, 5.41) is 15.1. The fourth-order valence-corrected chi connectivity index (χ4v) is 2.69. The van der Waals surface area contributed by atoms with Crippen molar-refractivity contribution in [3.63, 3.8) is 0 Å². The molecule has 1 heterocycles. The van der Waals surface area contributed by atoms with E-state index in [0.717, 1.165) is 17.4 Å². The Hall–Kier alpha value is -2.99. The van der Waals surface area contributed by atoms with Gasteiger partial charge in [-0.2, -0.15) is 0 Å². The molecule has 2 aromatic carbocycles. The zero-order valence-corrected chi connectivity index (χ0v) is 12.9. The van der Waals surface area contributed by atoms with Gasteiger partial charge in [-0.1, -0.05) is 48.5 Å². The number of rotatable bonds is 4. The second kappa shape index (κ2) is 5.90. The lowest BCUT2D eigenvalue weighted by Crippen LogP contribution is -2.49. The quantitative estimate of drug-likeness (QED) is 0.590. The summed E-state index contributed by atoms with van der Waals surface area (Å²) in [7, 11) is 0. The van der Waals surface area contributed by atoms with E-state index in [0.29, 0.717) is 11.1 Å². The molecule has 2 atom stereocenters. The summed E-state index contributed by atoms with van der Waals surface area (Å²) in [5.74, 6) is -0.562. The summed E-state index contributed by atoms with van der Waals surface area (Å²) in [6, 6.07) is 13.5. The number of urea groups is 1. The number of imide groups is 1. The van der Waals surface area contributed by atoms with Crippen LogP contribution >= 0.6 is 0 Å². The number of carbonyl (C=O) groups excluding carboxylic acids is 3. The molecule has 0 aliphatic carbocycles. The van der Waals surface area contributed by atoms with Crippen molar-refractivity contribution in [2.75, 3.05) is 0 Å². The van der Waals surface area contributed by atoms with E-state index in [2.05, 4.69) is 10.6 Å². The largest absolute Gasteiger partial charge is 0.385 e. The van der Waals surface area contributed by atoms with Crippen LogP contribution in [-0.4, -0.2) is 28.9 Å². The lowest BCUT2D eigenvalue weighted by atomic mass is 9.89. The van der Waals surface area contributed by atoms with Gasteiger partial charge in [0.2, 0.25) is 0 Å². The molecule has 2 aromatic rings. The van der Waals surface area contributed by atoms with Crippen LogP contribution in [0, 0.1) is 0 Å². The van der Waals surface area contributed by atoms with Gasteiger partial charge in [-0.3, -0.25) is 14.9 Å². The van der Waals surface area contributed by atoms with Gasteiger partial charge >= 0.3 is 6.03 Å². The monoisotopic (exact) mass is 324 g/mol. The van der Waals surface area contributed by atoms with E-state index in [9.17, 15) is 19.5 Å². The number of aldehydes is 1. The van der Waals surface area contributed by atoms with Crippen molar-refractivity contribution in [3.8, 4) is 11.1 Å². The van der Waals surface area contributed by atoms with Crippen molar-refractivity contribution >= 4 is 18.2 Å². The first-order valence-electron chi connectivity index (χ1n) is 7.41. The Bertz CT molecular complexity index is 799. The summed E-state index contributed by atoms with van der Waals surface area (Å²) in [5.41, 5.74) is 1.56. The molecular weight excluding hydrogens is 308 g/mol. The average Bonchev–Trinajstić information content (AvgIpc) is 2.87. The average molecular weight is 324 g/mol. The summed E-state index contributed by atoms with van der Waals surface area (Å²) >= 11 is 0. The highest BCUT2D eigenvalue weighted by atomic mass is 16.3. The van der Waals surface area contributed by atoms with Crippen LogP contribution in [0.1, 0.15) is 28.9 Å². The number of benzene rings is 2. The Labute approximate surface area is 138 Å². The molecule has 0 saturated carbocycles. The molecule has 0 bridgehead atoms. The van der Waals surface area contributed by atoms with Crippen molar-refractivity contribution in [2.24, 2.45) is 0 Å². The smallest absolute Gasteiger partial charge is 0.322 e. The SMILES string of the molecule is CC1(C(O)c2ccc(-c3ccc(C=O)cc3)cc2)NC(=O)NC1=O. The number of nitrogens with one attached hydrogen (secondary N) is 2. The maximum Gasteiger partial charge on any atom is 0.322 e. The number of aliphatic hydroxyl groups is 1. The number of hydrogen-bond acceptors (Lipinski definition) is 4. The van der Waals surface area contributed by atoms with Gasteiger partial charge in [0, 0.05) is 5.56 Å². The first-order valence-corrected chi connectivity index (χ1v) is 7.41. The number of amides is 3. The van der Waals surface area contributed by atoms with Crippen LogP contribution in [-0.2, 0) is 4.79 Å². The molecule has 0 aromatic heterocycles. The summed E-state index contributed by atoms with van der Waals surface area (Å²) < 4.78 is 0. The van der Waals surface area contributed by atoms with Crippen LogP contribution in [0.3, 0.4) is 0 Å². The molecule has 1 aliphatic rings. The molecule has 3 rings (SSSR count). The predicted octanol–water partition coefficient (Wildman–Crippen LogP) is 1.80. The van der Waals surface area contributed by atoms with E-state index in [1.807, 2.05) is 24.3 Å². The van der Waals surface area contributed by atoms with Crippen molar-refractivity contribution in [2.45, 2.75) is 18.6 Å². The molecule has 2 unspecified atom stereocenters. The zero-order chi connectivity index (χ0) is 17.3. The molecule has 3 amide bonds. The third-order valence-corrected chi connectivity index (χ3v) is 4.23. The molecule has 3 N–H and O–H groups in total. The standard InChI is InChI=1S/C18H16N2O4/c1-18(16(23)19-17(24)20-18)15(22)14-8-6-13(7-9-14)12-4-2-11(10-21)3-5-12/h2-10,15,22H,1H3,(H2,19,20,23,24). The van der Waals surface area contributed by atoms with E-state index in [-0.39, 0.29) is 0 Å². The minimum atomic E-state index is -1.40. The third kappa shape index (κ3) is 2.68. The molecule has 24 heavy (non-hydrogen) atoms. The molecule has 122 valence electrons. The highest BCUT2D eigenvalue weighted by Gasteiger charge is 2.48. The van der Waals surface area contributed by atoms with Gasteiger partial charge in [0.15, 0.2) is 0 Å². The van der Waals surface area contributed by atoms with Gasteiger partial charge in [-0.05, 0) is 23.6 Å². The van der Waals surface area contributed by atoms with Gasteiger partial charge in [0.25, 0.3) is 5.91 Å². The van der Waals surface area contributed by atoms with Gasteiger partial charge in [0.05, 0.1) is 0 Å². The van der Waals surface area contributed by atoms with E-state index in [1.54, 1.807) is 24.3 Å². The second-order valence-electron chi connectivity index (χ2n) is 5.88. The van der Waals surface area contributed by atoms with E-state index >= 15 is 0 Å². The van der Waals surface area contributed by atoms with Crippen LogP contribution in [0.5, 0.6) is 0 Å². The first kappa shape index (κ1) is 15.9. The fourth-order valence-electron chi connectivity index (χ4n) is 2.69. The van der Waals surface area contributed by atoms with Gasteiger partial charge in [0.1, 0.15) is 17.9 Å². The maximum absolute atomic E-state index is 11.9. The lowest BCUT2D eigenvalue weighted by Gasteiger charge is -2.27. The molecule has 0 spiro atoms. The zero-order valence-electron chi connectivity index (χ0n) is 12.9. The molecule has 6 heteroatoms. The highest BCUT2D eigenvalue weighted by molar-refractivity contribution is 6.07. The Morgan fingerprint density at radius 3 is 2.00 bits per heavy atom. The van der Waals surface area contributed by atoms with Crippen molar-refractivity contribution in [1.82, 2.24) is 10.6 Å². The summed E-state index contributed by atoms with van der Waals surface area (Å²) in [4.78, 5) is 33.9. The minimum absolute atomic E-state index is 0.517. The fraction of sp³-hybridized carbons (Fsp3) is 0.167. The summed E-state index contributed by atoms with van der Waals surface area (Å²) in [6.07, 6.45) is -0.388. The van der Waals surface area contributed by atoms with Crippen LogP contribution < -0.4 is 10.6 Å². The Morgan fingerprint density at radius 1 is 1.00 bits per heavy atom. The number of aliphatic hydroxyl groups excluding tert-OH is 1. The van der Waals surface area contributed by atoms with Gasteiger partial charge in [-0.15, -0.1) is 0 Å². The molecule has 1 aliphatic heterocycles. The molecular formula is C18H16N2O4. The van der Waals surface area contributed by atoms with E-state index in [4.69, 9.17) is 0 Å². The Morgan fingerprint density at radius 2 is 1.54 bits per heavy atom. The van der Waals surface area contributed by atoms with Gasteiger partial charge in [-0.25, -0.2) is 4.79 Å². The summed E-state index contributed by atoms with van der Waals surface area (Å²) in [6.45, 7) is 1.48.